The van der Waals surface area contributed by atoms with Crippen LogP contribution >= 0.6 is 0 Å². The maximum Gasteiger partial charge on any atom is 0.418 e. The first-order valence-corrected chi connectivity index (χ1v) is 7.19. The van der Waals surface area contributed by atoms with Gasteiger partial charge in [0.2, 0.25) is 0 Å². The molecule has 2 aromatic rings. The molecule has 0 atom stereocenters. The molecule has 2 N–H and O–H groups in total. The molecule has 128 valence electrons. The van der Waals surface area contributed by atoms with Gasteiger partial charge in [-0.3, -0.25) is 0 Å². The molecule has 4 nitrogen and oxygen atoms in total. The first-order chi connectivity index (χ1) is 11.3. The van der Waals surface area contributed by atoms with Crippen LogP contribution in [0, 0.1) is 13.8 Å². The third-order valence-corrected chi connectivity index (χ3v) is 3.50. The second-order valence-corrected chi connectivity index (χ2v) is 5.16. The van der Waals surface area contributed by atoms with Crippen LogP contribution in [-0.4, -0.2) is 12.8 Å². The fourth-order valence-electron chi connectivity index (χ4n) is 2.07. The predicted octanol–water partition coefficient (Wildman–Crippen LogP) is 4.48. The van der Waals surface area contributed by atoms with E-state index >= 15 is 0 Å². The Morgan fingerprint density at radius 2 is 1.79 bits per heavy atom. The molecule has 0 aliphatic rings. The highest BCUT2D eigenvalue weighted by atomic mass is 19.4. The summed E-state index contributed by atoms with van der Waals surface area (Å²) < 4.78 is 44.0. The van der Waals surface area contributed by atoms with Crippen molar-refractivity contribution in [2.24, 2.45) is 0 Å². The standard InChI is InChI=1S/C17H17F3N2O2/c1-11-6-5-9-15(12(11)2)24-10-21-16(23)22-14-8-4-3-7-13(14)17(18,19)20/h3-9H,10H2,1-2H3,(H2,21,22,23). The van der Waals surface area contributed by atoms with Crippen molar-refractivity contribution in [3.8, 4) is 5.75 Å². The molecule has 0 aromatic heterocycles. The first-order valence-electron chi connectivity index (χ1n) is 7.19. The molecule has 2 aromatic carbocycles. The highest BCUT2D eigenvalue weighted by Gasteiger charge is 2.33. The topological polar surface area (TPSA) is 50.4 Å². The molecular formula is C17H17F3N2O2. The molecular weight excluding hydrogens is 321 g/mol. The molecule has 0 bridgehead atoms. The van der Waals surface area contributed by atoms with Gasteiger partial charge in [0.1, 0.15) is 5.75 Å². The van der Waals surface area contributed by atoms with Crippen molar-refractivity contribution in [2.75, 3.05) is 12.0 Å². The van der Waals surface area contributed by atoms with Gasteiger partial charge in [-0.05, 0) is 43.2 Å². The van der Waals surface area contributed by atoms with Gasteiger partial charge in [-0.2, -0.15) is 13.2 Å². The van der Waals surface area contributed by atoms with Gasteiger partial charge in [-0.1, -0.05) is 24.3 Å². The lowest BCUT2D eigenvalue weighted by molar-refractivity contribution is -0.136. The number of alkyl halides is 3. The van der Waals surface area contributed by atoms with Gasteiger partial charge in [-0.25, -0.2) is 4.79 Å². The summed E-state index contributed by atoms with van der Waals surface area (Å²) in [6.07, 6.45) is -4.54. The zero-order valence-corrected chi connectivity index (χ0v) is 13.2. The van der Waals surface area contributed by atoms with E-state index in [4.69, 9.17) is 4.74 Å². The number of anilines is 1. The summed E-state index contributed by atoms with van der Waals surface area (Å²) in [7, 11) is 0. The molecule has 24 heavy (non-hydrogen) atoms. The number of amides is 2. The summed E-state index contributed by atoms with van der Waals surface area (Å²) in [6, 6.07) is 9.48. The molecule has 0 fully saturated rings. The van der Waals surface area contributed by atoms with E-state index < -0.39 is 17.8 Å². The van der Waals surface area contributed by atoms with Gasteiger partial charge in [0.05, 0.1) is 11.3 Å². The van der Waals surface area contributed by atoms with Crippen LogP contribution in [0.15, 0.2) is 42.5 Å². The van der Waals surface area contributed by atoms with Crippen LogP contribution in [0.4, 0.5) is 23.7 Å². The number of hydrogen-bond donors (Lipinski definition) is 2. The summed E-state index contributed by atoms with van der Waals surface area (Å²) >= 11 is 0. The van der Waals surface area contributed by atoms with Crippen LogP contribution in [0.3, 0.4) is 0 Å². The maximum atomic E-state index is 12.9. The number of hydrogen-bond acceptors (Lipinski definition) is 2. The van der Waals surface area contributed by atoms with E-state index in [1.54, 1.807) is 6.07 Å². The number of rotatable bonds is 4. The molecule has 0 aliphatic carbocycles. The van der Waals surface area contributed by atoms with Crippen LogP contribution in [0.5, 0.6) is 5.75 Å². The number of benzene rings is 2. The summed E-state index contributed by atoms with van der Waals surface area (Å²) in [5.74, 6) is 0.603. The van der Waals surface area contributed by atoms with Crippen LogP contribution in [0.1, 0.15) is 16.7 Å². The van der Waals surface area contributed by atoms with Crippen molar-refractivity contribution in [1.29, 1.82) is 0 Å². The van der Waals surface area contributed by atoms with Crippen molar-refractivity contribution in [2.45, 2.75) is 20.0 Å². The molecule has 0 heterocycles. The average Bonchev–Trinajstić information content (AvgIpc) is 2.51. The van der Waals surface area contributed by atoms with E-state index in [1.807, 2.05) is 26.0 Å². The number of urea groups is 1. The van der Waals surface area contributed by atoms with Crippen molar-refractivity contribution < 1.29 is 22.7 Å². The molecule has 0 saturated heterocycles. The van der Waals surface area contributed by atoms with Gasteiger partial charge in [0, 0.05) is 0 Å². The number of ether oxygens (including phenoxy) is 1. The molecule has 2 rings (SSSR count). The first kappa shape index (κ1) is 17.7. The van der Waals surface area contributed by atoms with Gasteiger partial charge in [-0.15, -0.1) is 0 Å². The SMILES string of the molecule is Cc1cccc(OCNC(=O)Nc2ccccc2C(F)(F)F)c1C. The smallest absolute Gasteiger partial charge is 0.418 e. The minimum atomic E-state index is -4.54. The van der Waals surface area contributed by atoms with Crippen LogP contribution < -0.4 is 15.4 Å². The second kappa shape index (κ2) is 7.25. The van der Waals surface area contributed by atoms with E-state index in [2.05, 4.69) is 10.6 Å². The fourth-order valence-corrected chi connectivity index (χ4v) is 2.07. The zero-order chi connectivity index (χ0) is 17.7. The monoisotopic (exact) mass is 338 g/mol. The quantitative estimate of drug-likeness (QED) is 0.808. The number of aryl methyl sites for hydroxylation is 1. The highest BCUT2D eigenvalue weighted by molar-refractivity contribution is 5.90. The lowest BCUT2D eigenvalue weighted by Crippen LogP contribution is -2.32. The number of carbonyl (C=O) groups is 1. The molecule has 7 heteroatoms. The van der Waals surface area contributed by atoms with Gasteiger partial charge in [0.15, 0.2) is 6.73 Å². The van der Waals surface area contributed by atoms with Crippen molar-refractivity contribution in [3.05, 3.63) is 59.2 Å². The van der Waals surface area contributed by atoms with Crippen molar-refractivity contribution >= 4 is 11.7 Å². The summed E-state index contributed by atoms with van der Waals surface area (Å²) in [5.41, 5.74) is 0.753. The number of carbonyl (C=O) groups excluding carboxylic acids is 1. The van der Waals surface area contributed by atoms with Crippen LogP contribution in [0.25, 0.3) is 0 Å². The molecule has 0 spiro atoms. The van der Waals surface area contributed by atoms with E-state index in [0.717, 1.165) is 17.2 Å². The van der Waals surface area contributed by atoms with Crippen LogP contribution in [-0.2, 0) is 6.18 Å². The molecule has 2 amide bonds. The number of nitrogens with one attached hydrogen (secondary N) is 2. The van der Waals surface area contributed by atoms with Crippen molar-refractivity contribution in [1.82, 2.24) is 5.32 Å². The normalized spacial score (nSPS) is 11.0. The Labute approximate surface area is 137 Å². The minimum absolute atomic E-state index is 0.162. The Morgan fingerprint density at radius 3 is 2.50 bits per heavy atom. The largest absolute Gasteiger partial charge is 0.473 e. The fraction of sp³-hybridized carbons (Fsp3) is 0.235. The third-order valence-electron chi connectivity index (χ3n) is 3.50. The second-order valence-electron chi connectivity index (χ2n) is 5.16. The van der Waals surface area contributed by atoms with Crippen molar-refractivity contribution in [3.63, 3.8) is 0 Å². The minimum Gasteiger partial charge on any atom is -0.473 e. The molecule has 0 aliphatic heterocycles. The third kappa shape index (κ3) is 4.41. The van der Waals surface area contributed by atoms with E-state index in [0.29, 0.717) is 5.75 Å². The average molecular weight is 338 g/mol. The number of halogens is 3. The molecule has 0 saturated carbocycles. The van der Waals surface area contributed by atoms with E-state index in [9.17, 15) is 18.0 Å². The maximum absolute atomic E-state index is 12.9. The van der Waals surface area contributed by atoms with Crippen LogP contribution in [0.2, 0.25) is 0 Å². The predicted molar refractivity (Wildman–Crippen MR) is 85.0 cm³/mol. The van der Waals surface area contributed by atoms with Gasteiger partial charge < -0.3 is 15.4 Å². The summed E-state index contributed by atoms with van der Waals surface area (Å²) in [4.78, 5) is 11.8. The molecule has 0 radical (unpaired) electrons. The summed E-state index contributed by atoms with van der Waals surface area (Å²) in [5, 5.41) is 4.54. The van der Waals surface area contributed by atoms with E-state index in [1.165, 1.54) is 18.2 Å². The zero-order valence-electron chi connectivity index (χ0n) is 13.2. The van der Waals surface area contributed by atoms with Gasteiger partial charge in [0.25, 0.3) is 0 Å². The lowest BCUT2D eigenvalue weighted by atomic mass is 10.1. The Balaban J connectivity index is 1.94. The molecule has 0 unspecified atom stereocenters. The van der Waals surface area contributed by atoms with Gasteiger partial charge >= 0.3 is 12.2 Å². The lowest BCUT2D eigenvalue weighted by Gasteiger charge is -2.15. The Morgan fingerprint density at radius 1 is 1.08 bits per heavy atom. The number of para-hydroxylation sites is 1. The Hall–Kier alpha value is -2.70. The Kier molecular flexibility index (Phi) is 5.33. The highest BCUT2D eigenvalue weighted by Crippen LogP contribution is 2.34. The van der Waals surface area contributed by atoms with E-state index in [-0.39, 0.29) is 12.4 Å². The summed E-state index contributed by atoms with van der Waals surface area (Å²) in [6.45, 7) is 3.64. The Bertz CT molecular complexity index is 730.